The standard InChI is InChI=1S/C21H36O6/c1-3-20(24-14-16-10-11-16)26-18(22)8-6-5-7-9-19(23)27-21(4-2)25-15-17-12-13-17/h16-17,20-21H,3-15H2,1-2H3. The zero-order valence-corrected chi connectivity index (χ0v) is 17.0. The molecule has 0 aromatic rings. The highest BCUT2D eigenvalue weighted by Gasteiger charge is 2.24. The van der Waals surface area contributed by atoms with Crippen molar-refractivity contribution in [3.63, 3.8) is 0 Å². The molecule has 0 N–H and O–H groups in total. The van der Waals surface area contributed by atoms with Gasteiger partial charge in [-0.3, -0.25) is 9.59 Å². The second kappa shape index (κ2) is 12.3. The van der Waals surface area contributed by atoms with Crippen molar-refractivity contribution in [3.8, 4) is 0 Å². The van der Waals surface area contributed by atoms with Gasteiger partial charge < -0.3 is 18.9 Å². The first kappa shape index (κ1) is 22.2. The smallest absolute Gasteiger partial charge is 0.308 e. The zero-order chi connectivity index (χ0) is 19.5. The molecule has 0 aromatic carbocycles. The van der Waals surface area contributed by atoms with Crippen LogP contribution in [0.25, 0.3) is 0 Å². The molecule has 2 atom stereocenters. The van der Waals surface area contributed by atoms with Crippen molar-refractivity contribution in [2.24, 2.45) is 11.8 Å². The Morgan fingerprint density at radius 1 is 0.741 bits per heavy atom. The van der Waals surface area contributed by atoms with Crippen LogP contribution < -0.4 is 0 Å². The Morgan fingerprint density at radius 3 is 1.48 bits per heavy atom. The van der Waals surface area contributed by atoms with E-state index in [4.69, 9.17) is 18.9 Å². The molecule has 0 radical (unpaired) electrons. The maximum Gasteiger partial charge on any atom is 0.308 e. The van der Waals surface area contributed by atoms with Crippen LogP contribution in [-0.2, 0) is 28.5 Å². The summed E-state index contributed by atoms with van der Waals surface area (Å²) in [6, 6.07) is 0. The molecule has 0 spiro atoms. The van der Waals surface area contributed by atoms with Gasteiger partial charge in [0.1, 0.15) is 0 Å². The fourth-order valence-corrected chi connectivity index (χ4v) is 2.65. The molecule has 27 heavy (non-hydrogen) atoms. The molecular weight excluding hydrogens is 348 g/mol. The fraction of sp³-hybridized carbons (Fsp3) is 0.905. The van der Waals surface area contributed by atoms with Gasteiger partial charge in [0.05, 0.1) is 13.2 Å². The Balaban J connectivity index is 1.45. The van der Waals surface area contributed by atoms with E-state index in [1.807, 2.05) is 13.8 Å². The summed E-state index contributed by atoms with van der Waals surface area (Å²) in [4.78, 5) is 23.8. The van der Waals surface area contributed by atoms with Gasteiger partial charge in [0.25, 0.3) is 0 Å². The minimum atomic E-state index is -0.422. The lowest BCUT2D eigenvalue weighted by Crippen LogP contribution is -2.22. The Labute approximate surface area is 163 Å². The zero-order valence-electron chi connectivity index (χ0n) is 17.0. The molecule has 0 amide bonds. The van der Waals surface area contributed by atoms with Gasteiger partial charge in [0.2, 0.25) is 12.6 Å². The van der Waals surface area contributed by atoms with Crippen molar-refractivity contribution in [3.05, 3.63) is 0 Å². The Hall–Kier alpha value is -1.14. The SMILES string of the molecule is CCC(OCC1CC1)OC(=O)CCCCCC(=O)OC(CC)OCC1CC1. The van der Waals surface area contributed by atoms with Gasteiger partial charge in [-0.1, -0.05) is 20.3 Å². The quantitative estimate of drug-likeness (QED) is 0.224. The first-order valence-electron chi connectivity index (χ1n) is 10.7. The lowest BCUT2D eigenvalue weighted by molar-refractivity contribution is -0.180. The number of unbranched alkanes of at least 4 members (excludes halogenated alkanes) is 2. The van der Waals surface area contributed by atoms with Crippen LogP contribution in [-0.4, -0.2) is 37.7 Å². The van der Waals surface area contributed by atoms with E-state index in [2.05, 4.69) is 0 Å². The number of carbonyl (C=O) groups is 2. The third-order valence-electron chi connectivity index (χ3n) is 4.88. The number of hydrogen-bond donors (Lipinski definition) is 0. The average molecular weight is 385 g/mol. The summed E-state index contributed by atoms with van der Waals surface area (Å²) >= 11 is 0. The van der Waals surface area contributed by atoms with Gasteiger partial charge in [-0.2, -0.15) is 0 Å². The van der Waals surface area contributed by atoms with Crippen LogP contribution in [0.2, 0.25) is 0 Å². The summed E-state index contributed by atoms with van der Waals surface area (Å²) in [5.74, 6) is 0.868. The Bertz CT molecular complexity index is 404. The van der Waals surface area contributed by atoms with E-state index in [-0.39, 0.29) is 11.9 Å². The maximum atomic E-state index is 11.9. The second-order valence-corrected chi connectivity index (χ2v) is 7.77. The summed E-state index contributed by atoms with van der Waals surface area (Å²) in [5.41, 5.74) is 0. The highest BCUT2D eigenvalue weighted by Crippen LogP contribution is 2.30. The first-order chi connectivity index (χ1) is 13.1. The predicted molar refractivity (Wildman–Crippen MR) is 101 cm³/mol. The topological polar surface area (TPSA) is 71.1 Å². The highest BCUT2D eigenvalue weighted by atomic mass is 16.7. The molecule has 2 rings (SSSR count). The molecule has 0 aromatic heterocycles. The monoisotopic (exact) mass is 384 g/mol. The van der Waals surface area contributed by atoms with E-state index >= 15 is 0 Å². The van der Waals surface area contributed by atoms with Crippen molar-refractivity contribution in [2.75, 3.05) is 13.2 Å². The van der Waals surface area contributed by atoms with E-state index in [1.165, 1.54) is 25.7 Å². The molecule has 6 heteroatoms. The van der Waals surface area contributed by atoms with E-state index in [0.29, 0.717) is 63.6 Å². The van der Waals surface area contributed by atoms with Crippen molar-refractivity contribution in [2.45, 2.75) is 97.1 Å². The van der Waals surface area contributed by atoms with E-state index in [9.17, 15) is 9.59 Å². The lowest BCUT2D eigenvalue weighted by Gasteiger charge is -2.17. The molecule has 0 aliphatic heterocycles. The molecule has 0 heterocycles. The summed E-state index contributed by atoms with van der Waals surface area (Å²) < 4.78 is 21.9. The number of carbonyl (C=O) groups excluding carboxylic acids is 2. The predicted octanol–water partition coefficient (Wildman–Crippen LogP) is 4.35. The maximum absolute atomic E-state index is 11.9. The van der Waals surface area contributed by atoms with Crippen molar-refractivity contribution < 1.29 is 28.5 Å². The fourth-order valence-electron chi connectivity index (χ4n) is 2.65. The van der Waals surface area contributed by atoms with Gasteiger partial charge in [-0.15, -0.1) is 0 Å². The molecule has 0 bridgehead atoms. The molecular formula is C21H36O6. The third-order valence-corrected chi connectivity index (χ3v) is 4.88. The van der Waals surface area contributed by atoms with Crippen LogP contribution in [0.1, 0.15) is 84.5 Å². The van der Waals surface area contributed by atoms with Crippen LogP contribution in [0, 0.1) is 11.8 Å². The molecule has 2 unspecified atom stereocenters. The van der Waals surface area contributed by atoms with Gasteiger partial charge in [-0.05, 0) is 50.4 Å². The number of hydrogen-bond acceptors (Lipinski definition) is 6. The molecule has 2 saturated carbocycles. The van der Waals surface area contributed by atoms with Crippen LogP contribution in [0.15, 0.2) is 0 Å². The van der Waals surface area contributed by atoms with Gasteiger partial charge >= 0.3 is 11.9 Å². The minimum absolute atomic E-state index is 0.222. The van der Waals surface area contributed by atoms with E-state index < -0.39 is 12.6 Å². The molecule has 2 aliphatic carbocycles. The van der Waals surface area contributed by atoms with Gasteiger partial charge in [0, 0.05) is 25.7 Å². The van der Waals surface area contributed by atoms with Crippen molar-refractivity contribution >= 4 is 11.9 Å². The van der Waals surface area contributed by atoms with Crippen LogP contribution in [0.4, 0.5) is 0 Å². The van der Waals surface area contributed by atoms with Crippen molar-refractivity contribution in [1.82, 2.24) is 0 Å². The van der Waals surface area contributed by atoms with Crippen molar-refractivity contribution in [1.29, 1.82) is 0 Å². The molecule has 6 nitrogen and oxygen atoms in total. The largest absolute Gasteiger partial charge is 0.436 e. The van der Waals surface area contributed by atoms with E-state index in [1.54, 1.807) is 0 Å². The summed E-state index contributed by atoms with van der Waals surface area (Å²) in [7, 11) is 0. The molecule has 2 fully saturated rings. The average Bonchev–Trinajstić information content (AvgIpc) is 3.55. The summed E-state index contributed by atoms with van der Waals surface area (Å²) in [6.07, 6.45) is 8.32. The van der Waals surface area contributed by atoms with Crippen LogP contribution in [0.3, 0.4) is 0 Å². The van der Waals surface area contributed by atoms with Crippen LogP contribution >= 0.6 is 0 Å². The normalized spacial score (nSPS) is 18.7. The third kappa shape index (κ3) is 10.7. The highest BCUT2D eigenvalue weighted by molar-refractivity contribution is 5.70. The minimum Gasteiger partial charge on any atom is -0.436 e. The Kier molecular flexibility index (Phi) is 10.1. The number of rotatable bonds is 16. The van der Waals surface area contributed by atoms with Gasteiger partial charge in [-0.25, -0.2) is 0 Å². The first-order valence-corrected chi connectivity index (χ1v) is 10.7. The number of ether oxygens (including phenoxy) is 4. The summed E-state index contributed by atoms with van der Waals surface area (Å²) in [6.45, 7) is 5.29. The summed E-state index contributed by atoms with van der Waals surface area (Å²) in [5, 5.41) is 0. The Morgan fingerprint density at radius 2 is 1.15 bits per heavy atom. The molecule has 2 aliphatic rings. The van der Waals surface area contributed by atoms with Crippen LogP contribution in [0.5, 0.6) is 0 Å². The second-order valence-electron chi connectivity index (χ2n) is 7.77. The molecule has 156 valence electrons. The van der Waals surface area contributed by atoms with Gasteiger partial charge in [0.15, 0.2) is 0 Å². The number of esters is 2. The lowest BCUT2D eigenvalue weighted by atomic mass is 10.1. The van der Waals surface area contributed by atoms with E-state index in [0.717, 1.165) is 6.42 Å². The molecule has 0 saturated heterocycles.